The van der Waals surface area contributed by atoms with Crippen molar-refractivity contribution in [2.45, 2.75) is 39.0 Å². The molecule has 0 aliphatic heterocycles. The Hall–Kier alpha value is -0.110. The summed E-state index contributed by atoms with van der Waals surface area (Å²) in [7, 11) is 0. The third kappa shape index (κ3) is 2.44. The minimum Gasteiger partial charge on any atom is -0.282 e. The molecule has 0 aromatic heterocycles. The summed E-state index contributed by atoms with van der Waals surface area (Å²) in [5.74, 6) is 0.721. The van der Waals surface area contributed by atoms with Crippen LogP contribution in [0.3, 0.4) is 0 Å². The van der Waals surface area contributed by atoms with E-state index in [1.54, 1.807) is 0 Å². The molecule has 2 heteroatoms. The van der Waals surface area contributed by atoms with Gasteiger partial charge in [-0.15, -0.1) is 0 Å². The third-order valence-electron chi connectivity index (χ3n) is 2.73. The van der Waals surface area contributed by atoms with Gasteiger partial charge in [0.2, 0.25) is 5.12 Å². The van der Waals surface area contributed by atoms with Crippen LogP contribution >= 0.6 is 12.6 Å². The highest BCUT2D eigenvalue weighted by Crippen LogP contribution is 2.30. The summed E-state index contributed by atoms with van der Waals surface area (Å²) in [5, 5.41) is -0.0445. The standard InChI is InChI=1S/C9H15OS/c1-7(9(10)11)8-5-3-2-4-6-8/h7-8H,2-6H2,1H3. The van der Waals surface area contributed by atoms with E-state index in [-0.39, 0.29) is 11.0 Å². The Morgan fingerprint density at radius 3 is 2.36 bits per heavy atom. The first-order valence-electron chi connectivity index (χ1n) is 4.42. The van der Waals surface area contributed by atoms with Crippen molar-refractivity contribution in [3.63, 3.8) is 0 Å². The van der Waals surface area contributed by atoms with E-state index in [0.29, 0.717) is 5.92 Å². The van der Waals surface area contributed by atoms with Gasteiger partial charge in [-0.2, -0.15) is 0 Å². The molecule has 1 radical (unpaired) electrons. The minimum absolute atomic E-state index is 0.0445. The van der Waals surface area contributed by atoms with Gasteiger partial charge in [-0.05, 0) is 31.4 Å². The Labute approximate surface area is 74.0 Å². The lowest BCUT2D eigenvalue weighted by Gasteiger charge is -2.24. The number of hydrogen-bond donors (Lipinski definition) is 0. The first-order chi connectivity index (χ1) is 5.22. The number of carbonyl (C=O) groups excluding carboxylic acids is 1. The fourth-order valence-corrected chi connectivity index (χ4v) is 2.02. The fourth-order valence-electron chi connectivity index (χ4n) is 1.83. The molecular weight excluding hydrogens is 156 g/mol. The van der Waals surface area contributed by atoms with E-state index in [9.17, 15) is 4.79 Å². The van der Waals surface area contributed by atoms with E-state index in [1.807, 2.05) is 6.92 Å². The molecule has 0 bridgehead atoms. The molecule has 0 aromatic carbocycles. The highest BCUT2D eigenvalue weighted by molar-refractivity contribution is 7.96. The van der Waals surface area contributed by atoms with Gasteiger partial charge in [0.1, 0.15) is 0 Å². The molecule has 0 aromatic rings. The van der Waals surface area contributed by atoms with Crippen LogP contribution in [0.15, 0.2) is 0 Å². The van der Waals surface area contributed by atoms with E-state index in [0.717, 1.165) is 0 Å². The average Bonchev–Trinajstić information content (AvgIpc) is 2.05. The second kappa shape index (κ2) is 4.05. The van der Waals surface area contributed by atoms with Crippen molar-refractivity contribution in [3.8, 4) is 0 Å². The maximum atomic E-state index is 10.9. The van der Waals surface area contributed by atoms with Gasteiger partial charge in [0.15, 0.2) is 0 Å². The van der Waals surface area contributed by atoms with Crippen molar-refractivity contribution in [2.24, 2.45) is 11.8 Å². The highest BCUT2D eigenvalue weighted by atomic mass is 32.1. The van der Waals surface area contributed by atoms with Crippen molar-refractivity contribution < 1.29 is 4.79 Å². The van der Waals surface area contributed by atoms with E-state index in [1.165, 1.54) is 32.1 Å². The van der Waals surface area contributed by atoms with Crippen LogP contribution in [-0.2, 0) is 4.79 Å². The van der Waals surface area contributed by atoms with Crippen LogP contribution in [0.4, 0.5) is 0 Å². The molecule has 0 saturated heterocycles. The zero-order valence-electron chi connectivity index (χ0n) is 7.01. The Morgan fingerprint density at radius 2 is 1.91 bits per heavy atom. The summed E-state index contributed by atoms with van der Waals surface area (Å²) in [4.78, 5) is 10.9. The number of rotatable bonds is 2. The molecule has 0 N–H and O–H groups in total. The van der Waals surface area contributed by atoms with E-state index in [2.05, 4.69) is 12.6 Å². The second-order valence-electron chi connectivity index (χ2n) is 3.51. The zero-order valence-corrected chi connectivity index (χ0v) is 7.82. The molecule has 63 valence electrons. The quantitative estimate of drug-likeness (QED) is 0.624. The molecule has 0 spiro atoms. The molecule has 11 heavy (non-hydrogen) atoms. The van der Waals surface area contributed by atoms with Gasteiger partial charge in [0.25, 0.3) is 0 Å². The van der Waals surface area contributed by atoms with Crippen LogP contribution in [0.2, 0.25) is 0 Å². The normalized spacial score (nSPS) is 23.0. The van der Waals surface area contributed by atoms with Crippen molar-refractivity contribution >= 4 is 17.7 Å². The van der Waals surface area contributed by atoms with Gasteiger partial charge in [0, 0.05) is 5.92 Å². The topological polar surface area (TPSA) is 17.1 Å². The molecule has 1 atom stereocenters. The van der Waals surface area contributed by atoms with Gasteiger partial charge in [-0.1, -0.05) is 26.2 Å². The first-order valence-corrected chi connectivity index (χ1v) is 4.83. The molecule has 1 aliphatic carbocycles. The molecule has 0 amide bonds. The molecule has 1 rings (SSSR count). The summed E-state index contributed by atoms with van der Waals surface area (Å²) in [6.07, 6.45) is 6.34. The van der Waals surface area contributed by atoms with Crippen LogP contribution in [0, 0.1) is 11.8 Å². The van der Waals surface area contributed by atoms with Crippen molar-refractivity contribution in [1.29, 1.82) is 0 Å². The fraction of sp³-hybridized carbons (Fsp3) is 0.889. The van der Waals surface area contributed by atoms with Crippen molar-refractivity contribution in [3.05, 3.63) is 0 Å². The van der Waals surface area contributed by atoms with Gasteiger partial charge in [-0.25, -0.2) is 0 Å². The Morgan fingerprint density at radius 1 is 1.36 bits per heavy atom. The van der Waals surface area contributed by atoms with Crippen molar-refractivity contribution in [2.75, 3.05) is 0 Å². The Kier molecular flexibility index (Phi) is 3.31. The molecule has 1 fully saturated rings. The summed E-state index contributed by atoms with van der Waals surface area (Å²) in [6.45, 7) is 1.98. The van der Waals surface area contributed by atoms with Gasteiger partial charge in [-0.3, -0.25) is 4.79 Å². The lowest BCUT2D eigenvalue weighted by Crippen LogP contribution is -2.19. The maximum Gasteiger partial charge on any atom is 0.221 e. The summed E-state index contributed by atoms with van der Waals surface area (Å²) in [6, 6.07) is 0. The van der Waals surface area contributed by atoms with Gasteiger partial charge in [0.05, 0.1) is 0 Å². The maximum absolute atomic E-state index is 10.9. The van der Waals surface area contributed by atoms with Crippen LogP contribution in [-0.4, -0.2) is 5.12 Å². The first kappa shape index (κ1) is 8.98. The minimum atomic E-state index is -0.0445. The van der Waals surface area contributed by atoms with Crippen LogP contribution in [0.1, 0.15) is 39.0 Å². The van der Waals surface area contributed by atoms with Crippen LogP contribution < -0.4 is 0 Å². The predicted molar refractivity (Wildman–Crippen MR) is 48.3 cm³/mol. The van der Waals surface area contributed by atoms with Crippen LogP contribution in [0.25, 0.3) is 0 Å². The van der Waals surface area contributed by atoms with Crippen molar-refractivity contribution in [1.82, 2.24) is 0 Å². The Balaban J connectivity index is 2.38. The largest absolute Gasteiger partial charge is 0.282 e. The van der Waals surface area contributed by atoms with Gasteiger partial charge >= 0.3 is 0 Å². The smallest absolute Gasteiger partial charge is 0.221 e. The average molecular weight is 171 g/mol. The predicted octanol–water partition coefficient (Wildman–Crippen LogP) is 2.93. The summed E-state index contributed by atoms with van der Waals surface area (Å²) < 4.78 is 0. The molecule has 1 nitrogen and oxygen atoms in total. The highest BCUT2D eigenvalue weighted by Gasteiger charge is 2.23. The molecule has 1 aliphatic rings. The van der Waals surface area contributed by atoms with Gasteiger partial charge < -0.3 is 0 Å². The Bertz CT molecular complexity index is 138. The lowest BCUT2D eigenvalue weighted by atomic mass is 9.81. The molecular formula is C9H15OS. The van der Waals surface area contributed by atoms with E-state index < -0.39 is 0 Å². The molecule has 0 heterocycles. The molecule has 1 saturated carbocycles. The monoisotopic (exact) mass is 171 g/mol. The summed E-state index contributed by atoms with van der Waals surface area (Å²) in [5.41, 5.74) is 0. The lowest BCUT2D eigenvalue weighted by molar-refractivity contribution is -0.115. The summed E-state index contributed by atoms with van der Waals surface area (Å²) >= 11 is 4.64. The van der Waals surface area contributed by atoms with E-state index >= 15 is 0 Å². The molecule has 1 unspecified atom stereocenters. The van der Waals surface area contributed by atoms with E-state index in [4.69, 9.17) is 0 Å². The number of hydrogen-bond acceptors (Lipinski definition) is 1. The SMILES string of the molecule is CC(C(=O)[S])C1CCCCC1. The second-order valence-corrected chi connectivity index (χ2v) is 3.91. The van der Waals surface area contributed by atoms with Crippen LogP contribution in [0.5, 0.6) is 0 Å². The number of carbonyl (C=O) groups is 1. The third-order valence-corrected chi connectivity index (χ3v) is 3.10. The zero-order chi connectivity index (χ0) is 8.27.